The number of hydrogen-bond donors (Lipinski definition) is 1. The predicted octanol–water partition coefficient (Wildman–Crippen LogP) is 2.49. The van der Waals surface area contributed by atoms with Crippen molar-refractivity contribution in [3.8, 4) is 5.69 Å². The number of halogens is 1. The maximum absolute atomic E-state index is 11.4. The fraction of sp³-hybridized carbons (Fsp3) is 0.400. The van der Waals surface area contributed by atoms with Gasteiger partial charge in [0.05, 0.1) is 10.9 Å². The van der Waals surface area contributed by atoms with Crippen LogP contribution in [0.15, 0.2) is 29.4 Å². The number of primary amides is 1. The number of nitrogens with two attached hydrogens (primary N) is 1. The van der Waals surface area contributed by atoms with Gasteiger partial charge >= 0.3 is 0 Å². The van der Waals surface area contributed by atoms with Gasteiger partial charge in [0, 0.05) is 18.1 Å². The van der Waals surface area contributed by atoms with E-state index in [1.54, 1.807) is 6.92 Å². The maximum atomic E-state index is 11.4. The summed E-state index contributed by atoms with van der Waals surface area (Å²) < 4.78 is 1.95. The van der Waals surface area contributed by atoms with Crippen molar-refractivity contribution in [2.75, 3.05) is 18.0 Å². The lowest BCUT2D eigenvalue weighted by atomic mass is 10.3. The van der Waals surface area contributed by atoms with E-state index in [-0.39, 0.29) is 11.2 Å². The van der Waals surface area contributed by atoms with Gasteiger partial charge in [0.25, 0.3) is 0 Å². The molecular formula is C15H18ClN5OS. The summed E-state index contributed by atoms with van der Waals surface area (Å²) in [6.07, 6.45) is 2.28. The van der Waals surface area contributed by atoms with Crippen LogP contribution in [0.4, 0.5) is 5.95 Å². The Kier molecular flexibility index (Phi) is 4.77. The van der Waals surface area contributed by atoms with E-state index in [0.29, 0.717) is 10.2 Å². The normalized spacial score (nSPS) is 15.8. The largest absolute Gasteiger partial charge is 0.369 e. The molecule has 0 aliphatic carbocycles. The van der Waals surface area contributed by atoms with Gasteiger partial charge in [0.2, 0.25) is 11.9 Å². The first-order valence-corrected chi connectivity index (χ1v) is 8.74. The Balaban J connectivity index is 2.04. The fourth-order valence-corrected chi connectivity index (χ4v) is 3.52. The second-order valence-corrected chi connectivity index (χ2v) is 7.20. The van der Waals surface area contributed by atoms with Crippen molar-refractivity contribution in [3.63, 3.8) is 0 Å². The molecule has 1 aromatic carbocycles. The standard InChI is InChI=1S/C15H18ClN5OS/c1-10(13(17)22)23-15-19-18-14(20-7-2-3-8-20)21(15)12-6-4-5-11(16)9-12/h4-6,9-10H,2-3,7-8H2,1H3,(H2,17,22). The van der Waals surface area contributed by atoms with Crippen molar-refractivity contribution < 1.29 is 4.79 Å². The van der Waals surface area contributed by atoms with Gasteiger partial charge < -0.3 is 10.6 Å². The molecule has 1 aliphatic rings. The van der Waals surface area contributed by atoms with E-state index in [2.05, 4.69) is 15.1 Å². The highest BCUT2D eigenvalue weighted by Gasteiger charge is 2.24. The molecule has 23 heavy (non-hydrogen) atoms. The molecule has 1 amide bonds. The Morgan fingerprint density at radius 3 is 2.74 bits per heavy atom. The molecule has 1 aliphatic heterocycles. The number of rotatable bonds is 5. The molecule has 8 heteroatoms. The van der Waals surface area contributed by atoms with Crippen LogP contribution >= 0.6 is 23.4 Å². The number of amides is 1. The average Bonchev–Trinajstić information content (AvgIpc) is 3.15. The number of aromatic nitrogens is 3. The van der Waals surface area contributed by atoms with Crippen LogP contribution in [0.1, 0.15) is 19.8 Å². The van der Waals surface area contributed by atoms with Crippen LogP contribution in [-0.4, -0.2) is 39.0 Å². The molecule has 2 N–H and O–H groups in total. The first-order valence-electron chi connectivity index (χ1n) is 7.48. The first-order chi connectivity index (χ1) is 11.1. The fourth-order valence-electron chi connectivity index (χ4n) is 2.52. The Morgan fingerprint density at radius 1 is 1.35 bits per heavy atom. The highest BCUT2D eigenvalue weighted by atomic mass is 35.5. The van der Waals surface area contributed by atoms with Gasteiger partial charge in [-0.15, -0.1) is 10.2 Å². The van der Waals surface area contributed by atoms with Gasteiger partial charge in [0.1, 0.15) is 0 Å². The van der Waals surface area contributed by atoms with E-state index in [4.69, 9.17) is 17.3 Å². The van der Waals surface area contributed by atoms with Crippen molar-refractivity contribution in [1.82, 2.24) is 14.8 Å². The van der Waals surface area contributed by atoms with Crippen LogP contribution in [0.3, 0.4) is 0 Å². The number of hydrogen-bond acceptors (Lipinski definition) is 5. The van der Waals surface area contributed by atoms with Gasteiger partial charge in [0.15, 0.2) is 5.16 Å². The minimum absolute atomic E-state index is 0.377. The van der Waals surface area contributed by atoms with Crippen molar-refractivity contribution in [1.29, 1.82) is 0 Å². The third kappa shape index (κ3) is 3.45. The van der Waals surface area contributed by atoms with Gasteiger partial charge in [-0.3, -0.25) is 9.36 Å². The van der Waals surface area contributed by atoms with Gasteiger partial charge in [-0.2, -0.15) is 0 Å². The molecular weight excluding hydrogens is 334 g/mol. The van der Waals surface area contributed by atoms with Crippen LogP contribution < -0.4 is 10.6 Å². The lowest BCUT2D eigenvalue weighted by molar-refractivity contribution is -0.117. The van der Waals surface area contributed by atoms with Crippen molar-refractivity contribution in [3.05, 3.63) is 29.3 Å². The van der Waals surface area contributed by atoms with Crippen LogP contribution in [0.5, 0.6) is 0 Å². The summed E-state index contributed by atoms with van der Waals surface area (Å²) in [4.78, 5) is 13.6. The lowest BCUT2D eigenvalue weighted by Gasteiger charge is -2.19. The molecule has 0 saturated carbocycles. The molecule has 2 heterocycles. The number of carbonyl (C=O) groups excluding carboxylic acids is 1. The number of thioether (sulfide) groups is 1. The zero-order chi connectivity index (χ0) is 16.4. The Labute approximate surface area is 144 Å². The van der Waals surface area contributed by atoms with E-state index in [0.717, 1.165) is 37.6 Å². The Morgan fingerprint density at radius 2 is 2.09 bits per heavy atom. The number of benzene rings is 1. The third-order valence-electron chi connectivity index (χ3n) is 3.75. The molecule has 1 atom stereocenters. The molecule has 2 aromatic rings. The Bertz CT molecular complexity index is 714. The molecule has 1 aromatic heterocycles. The minimum atomic E-state index is -0.386. The SMILES string of the molecule is CC(Sc1nnc(N2CCCC2)n1-c1cccc(Cl)c1)C(N)=O. The zero-order valence-corrected chi connectivity index (χ0v) is 14.3. The summed E-state index contributed by atoms with van der Waals surface area (Å²) in [5.74, 6) is 0.405. The van der Waals surface area contributed by atoms with Crippen LogP contribution in [-0.2, 0) is 4.79 Å². The van der Waals surface area contributed by atoms with Gasteiger partial charge in [-0.05, 0) is 38.0 Å². The Hall–Kier alpha value is -1.73. The second-order valence-electron chi connectivity index (χ2n) is 5.45. The lowest BCUT2D eigenvalue weighted by Crippen LogP contribution is -2.24. The predicted molar refractivity (Wildman–Crippen MR) is 92.3 cm³/mol. The zero-order valence-electron chi connectivity index (χ0n) is 12.8. The minimum Gasteiger partial charge on any atom is -0.369 e. The highest BCUT2D eigenvalue weighted by Crippen LogP contribution is 2.31. The summed E-state index contributed by atoms with van der Waals surface area (Å²) in [5.41, 5.74) is 6.26. The molecule has 0 bridgehead atoms. The van der Waals surface area contributed by atoms with E-state index < -0.39 is 0 Å². The molecule has 1 unspecified atom stereocenters. The summed E-state index contributed by atoms with van der Waals surface area (Å²) >= 11 is 7.44. The summed E-state index contributed by atoms with van der Waals surface area (Å²) in [7, 11) is 0. The van der Waals surface area contributed by atoms with E-state index in [1.165, 1.54) is 11.8 Å². The number of nitrogens with zero attached hydrogens (tertiary/aromatic N) is 4. The molecule has 1 fully saturated rings. The highest BCUT2D eigenvalue weighted by molar-refractivity contribution is 8.00. The van der Waals surface area contributed by atoms with Crippen molar-refractivity contribution in [2.45, 2.75) is 30.2 Å². The van der Waals surface area contributed by atoms with E-state index >= 15 is 0 Å². The molecule has 1 saturated heterocycles. The summed E-state index contributed by atoms with van der Waals surface area (Å²) in [6.45, 7) is 3.67. The monoisotopic (exact) mass is 351 g/mol. The number of anilines is 1. The second kappa shape index (κ2) is 6.80. The van der Waals surface area contributed by atoms with Crippen molar-refractivity contribution >= 4 is 35.2 Å². The molecule has 122 valence electrons. The van der Waals surface area contributed by atoms with Crippen molar-refractivity contribution in [2.24, 2.45) is 5.73 Å². The molecule has 0 spiro atoms. The quantitative estimate of drug-likeness (QED) is 0.837. The van der Waals surface area contributed by atoms with Crippen LogP contribution in [0.2, 0.25) is 5.02 Å². The van der Waals surface area contributed by atoms with Gasteiger partial charge in [-0.25, -0.2) is 0 Å². The maximum Gasteiger partial charge on any atom is 0.232 e. The van der Waals surface area contributed by atoms with Gasteiger partial charge in [-0.1, -0.05) is 29.4 Å². The number of carbonyl (C=O) groups is 1. The first kappa shape index (κ1) is 16.1. The molecule has 6 nitrogen and oxygen atoms in total. The smallest absolute Gasteiger partial charge is 0.232 e. The molecule has 3 rings (SSSR count). The average molecular weight is 352 g/mol. The summed E-state index contributed by atoms with van der Waals surface area (Å²) in [5, 5.41) is 9.51. The van der Waals surface area contributed by atoms with E-state index in [1.807, 2.05) is 28.8 Å². The van der Waals surface area contributed by atoms with E-state index in [9.17, 15) is 4.79 Å². The van der Waals surface area contributed by atoms with Crippen LogP contribution in [0.25, 0.3) is 5.69 Å². The van der Waals surface area contributed by atoms with Crippen LogP contribution in [0, 0.1) is 0 Å². The summed E-state index contributed by atoms with van der Waals surface area (Å²) in [6, 6.07) is 7.53. The topological polar surface area (TPSA) is 77.0 Å². The third-order valence-corrected chi connectivity index (χ3v) is 5.05. The molecule has 0 radical (unpaired) electrons.